The molecule has 2 N–H and O–H groups in total. The lowest BCUT2D eigenvalue weighted by molar-refractivity contribution is 0.203. The predicted molar refractivity (Wildman–Crippen MR) is 76.0 cm³/mol. The fraction of sp³-hybridized carbons (Fsp3) is 0.600. The molecule has 1 fully saturated rings. The first-order chi connectivity index (χ1) is 8.74. The topological polar surface area (TPSA) is 35.5 Å². The number of hydrogen-bond donors (Lipinski definition) is 2. The van der Waals surface area contributed by atoms with Crippen LogP contribution in [0.25, 0.3) is 0 Å². The molecule has 1 heterocycles. The van der Waals surface area contributed by atoms with Crippen molar-refractivity contribution in [3.05, 3.63) is 29.3 Å². The van der Waals surface area contributed by atoms with E-state index in [9.17, 15) is 5.11 Å². The molecule has 18 heavy (non-hydrogen) atoms. The molecule has 2 rings (SSSR count). The molecule has 0 bridgehead atoms. The van der Waals surface area contributed by atoms with Crippen LogP contribution in [0.1, 0.15) is 24.0 Å². The maximum absolute atomic E-state index is 9.19. The van der Waals surface area contributed by atoms with E-state index in [1.807, 2.05) is 7.05 Å². The number of nitrogens with one attached hydrogen (secondary N) is 1. The van der Waals surface area contributed by atoms with Crippen LogP contribution in [-0.4, -0.2) is 31.9 Å². The number of rotatable bonds is 4. The fourth-order valence-corrected chi connectivity index (χ4v) is 2.71. The van der Waals surface area contributed by atoms with Gasteiger partial charge in [-0.15, -0.1) is 0 Å². The first-order valence-electron chi connectivity index (χ1n) is 6.84. The zero-order valence-electron chi connectivity index (χ0n) is 11.4. The van der Waals surface area contributed by atoms with Crippen molar-refractivity contribution in [2.24, 2.45) is 5.92 Å². The number of aryl methyl sites for hydroxylation is 1. The predicted octanol–water partition coefficient (Wildman–Crippen LogP) is 1.92. The average molecular weight is 248 g/mol. The number of nitrogens with zero attached hydrogens (tertiary/aromatic N) is 1. The quantitative estimate of drug-likeness (QED) is 0.854. The van der Waals surface area contributed by atoms with Gasteiger partial charge in [-0.05, 0) is 44.4 Å². The first-order valence-corrected chi connectivity index (χ1v) is 6.84. The summed E-state index contributed by atoms with van der Waals surface area (Å²) in [6, 6.07) is 6.69. The molecule has 3 heteroatoms. The van der Waals surface area contributed by atoms with Gasteiger partial charge >= 0.3 is 0 Å². The molecule has 0 atom stereocenters. The lowest BCUT2D eigenvalue weighted by Crippen LogP contribution is -2.35. The summed E-state index contributed by atoms with van der Waals surface area (Å²) in [6.07, 6.45) is 2.20. The number of anilines is 1. The van der Waals surface area contributed by atoms with Gasteiger partial charge < -0.3 is 15.3 Å². The summed E-state index contributed by atoms with van der Waals surface area (Å²) in [5, 5.41) is 12.4. The molecule has 1 aromatic rings. The lowest BCUT2D eigenvalue weighted by atomic mass is 9.96. The van der Waals surface area contributed by atoms with Crippen LogP contribution < -0.4 is 10.2 Å². The second-order valence-electron chi connectivity index (χ2n) is 5.28. The van der Waals surface area contributed by atoms with Gasteiger partial charge in [-0.25, -0.2) is 0 Å². The third kappa shape index (κ3) is 3.03. The molecule has 100 valence electrons. The van der Waals surface area contributed by atoms with Gasteiger partial charge in [-0.3, -0.25) is 0 Å². The lowest BCUT2D eigenvalue weighted by Gasteiger charge is -2.34. The molecule has 0 aromatic heterocycles. The molecule has 0 aliphatic carbocycles. The zero-order chi connectivity index (χ0) is 13.0. The molecule has 1 saturated heterocycles. The Hall–Kier alpha value is -1.06. The van der Waals surface area contributed by atoms with Gasteiger partial charge in [-0.2, -0.15) is 0 Å². The Balaban J connectivity index is 2.13. The highest BCUT2D eigenvalue weighted by molar-refractivity contribution is 5.55. The summed E-state index contributed by atoms with van der Waals surface area (Å²) in [6.45, 7) is 5.51. The molecule has 0 spiro atoms. The van der Waals surface area contributed by atoms with Crippen molar-refractivity contribution in [1.82, 2.24) is 5.32 Å². The first kappa shape index (κ1) is 13.4. The largest absolute Gasteiger partial charge is 0.396 e. The van der Waals surface area contributed by atoms with Crippen LogP contribution in [-0.2, 0) is 6.54 Å². The van der Waals surface area contributed by atoms with E-state index in [0.717, 1.165) is 32.5 Å². The van der Waals surface area contributed by atoms with Crippen LogP contribution in [0.2, 0.25) is 0 Å². The van der Waals surface area contributed by atoms with E-state index in [1.165, 1.54) is 16.8 Å². The maximum atomic E-state index is 9.19. The van der Waals surface area contributed by atoms with E-state index >= 15 is 0 Å². The third-order valence-corrected chi connectivity index (χ3v) is 3.82. The maximum Gasteiger partial charge on any atom is 0.0460 e. The highest BCUT2D eigenvalue weighted by Gasteiger charge is 2.20. The molecule has 1 aliphatic rings. The average Bonchev–Trinajstić information content (AvgIpc) is 2.40. The molecule has 0 radical (unpaired) electrons. The Morgan fingerprint density at radius 1 is 1.33 bits per heavy atom. The van der Waals surface area contributed by atoms with Gasteiger partial charge in [0.05, 0.1) is 0 Å². The van der Waals surface area contributed by atoms with Crippen molar-refractivity contribution in [1.29, 1.82) is 0 Å². The van der Waals surface area contributed by atoms with Crippen molar-refractivity contribution >= 4 is 5.69 Å². The van der Waals surface area contributed by atoms with Crippen molar-refractivity contribution in [3.8, 4) is 0 Å². The van der Waals surface area contributed by atoms with Crippen LogP contribution >= 0.6 is 0 Å². The minimum Gasteiger partial charge on any atom is -0.396 e. The summed E-state index contributed by atoms with van der Waals surface area (Å²) in [7, 11) is 1.99. The summed E-state index contributed by atoms with van der Waals surface area (Å²) >= 11 is 0. The van der Waals surface area contributed by atoms with E-state index in [0.29, 0.717) is 12.5 Å². The highest BCUT2D eigenvalue weighted by atomic mass is 16.3. The van der Waals surface area contributed by atoms with Gasteiger partial charge in [0, 0.05) is 31.9 Å². The molecule has 0 unspecified atom stereocenters. The minimum absolute atomic E-state index is 0.338. The third-order valence-electron chi connectivity index (χ3n) is 3.82. The van der Waals surface area contributed by atoms with Crippen LogP contribution in [0, 0.1) is 12.8 Å². The summed E-state index contributed by atoms with van der Waals surface area (Å²) in [5.74, 6) is 0.499. The molecule has 3 nitrogen and oxygen atoms in total. The van der Waals surface area contributed by atoms with E-state index in [2.05, 4.69) is 35.3 Å². The van der Waals surface area contributed by atoms with Crippen LogP contribution in [0.3, 0.4) is 0 Å². The number of piperidine rings is 1. The molecule has 1 aliphatic heterocycles. The van der Waals surface area contributed by atoms with Gasteiger partial charge in [0.2, 0.25) is 0 Å². The van der Waals surface area contributed by atoms with Crippen molar-refractivity contribution in [2.45, 2.75) is 26.3 Å². The van der Waals surface area contributed by atoms with E-state index in [4.69, 9.17) is 0 Å². The van der Waals surface area contributed by atoms with Gasteiger partial charge in [0.1, 0.15) is 0 Å². The van der Waals surface area contributed by atoms with E-state index in [1.54, 1.807) is 0 Å². The Bertz CT molecular complexity index is 384. The fourth-order valence-electron chi connectivity index (χ4n) is 2.71. The van der Waals surface area contributed by atoms with Gasteiger partial charge in [0.25, 0.3) is 0 Å². The highest BCUT2D eigenvalue weighted by Crippen LogP contribution is 2.27. The second-order valence-corrected chi connectivity index (χ2v) is 5.28. The molecule has 1 aromatic carbocycles. The Kier molecular flexibility index (Phi) is 4.61. The number of hydrogen-bond acceptors (Lipinski definition) is 3. The van der Waals surface area contributed by atoms with Crippen molar-refractivity contribution in [3.63, 3.8) is 0 Å². The van der Waals surface area contributed by atoms with Crippen molar-refractivity contribution < 1.29 is 5.11 Å². The second kappa shape index (κ2) is 6.21. The SMILES string of the molecule is CNCc1cc(C)ccc1N1CCC(CO)CC1. The number of benzene rings is 1. The molecule has 0 saturated carbocycles. The van der Waals surface area contributed by atoms with Crippen LogP contribution in [0.4, 0.5) is 5.69 Å². The summed E-state index contributed by atoms with van der Waals surface area (Å²) in [4.78, 5) is 2.46. The zero-order valence-corrected chi connectivity index (χ0v) is 11.4. The van der Waals surface area contributed by atoms with Crippen molar-refractivity contribution in [2.75, 3.05) is 31.6 Å². The Morgan fingerprint density at radius 2 is 2.06 bits per heavy atom. The molecular weight excluding hydrogens is 224 g/mol. The Labute approximate surface area is 110 Å². The summed E-state index contributed by atoms with van der Waals surface area (Å²) < 4.78 is 0. The van der Waals surface area contributed by atoms with Gasteiger partial charge in [0.15, 0.2) is 0 Å². The van der Waals surface area contributed by atoms with E-state index < -0.39 is 0 Å². The minimum atomic E-state index is 0.338. The van der Waals surface area contributed by atoms with Crippen LogP contribution in [0.5, 0.6) is 0 Å². The normalized spacial score (nSPS) is 17.2. The molecular formula is C15H24N2O. The smallest absolute Gasteiger partial charge is 0.0460 e. The van der Waals surface area contributed by atoms with Gasteiger partial charge in [-0.1, -0.05) is 17.7 Å². The Morgan fingerprint density at radius 3 is 2.67 bits per heavy atom. The number of aliphatic hydroxyl groups is 1. The summed E-state index contributed by atoms with van der Waals surface area (Å²) in [5.41, 5.74) is 4.04. The number of aliphatic hydroxyl groups excluding tert-OH is 1. The van der Waals surface area contributed by atoms with Crippen LogP contribution in [0.15, 0.2) is 18.2 Å². The monoisotopic (exact) mass is 248 g/mol. The van der Waals surface area contributed by atoms with E-state index in [-0.39, 0.29) is 0 Å². The standard InChI is InChI=1S/C15H24N2O/c1-12-3-4-15(14(9-12)10-16-2)17-7-5-13(11-18)6-8-17/h3-4,9,13,16,18H,5-8,10-11H2,1-2H3. The molecule has 0 amide bonds.